The van der Waals surface area contributed by atoms with Crippen LogP contribution in [0, 0.1) is 0 Å². The van der Waals surface area contributed by atoms with E-state index in [0.29, 0.717) is 13.0 Å². The van der Waals surface area contributed by atoms with Crippen molar-refractivity contribution in [3.63, 3.8) is 0 Å². The van der Waals surface area contributed by atoms with E-state index in [1.54, 1.807) is 0 Å². The predicted molar refractivity (Wildman–Crippen MR) is 260 cm³/mol. The van der Waals surface area contributed by atoms with Gasteiger partial charge >= 0.3 is 11.9 Å². The fourth-order valence-corrected chi connectivity index (χ4v) is 5.97. The van der Waals surface area contributed by atoms with E-state index >= 15 is 0 Å². The van der Waals surface area contributed by atoms with Crippen molar-refractivity contribution in [1.82, 2.24) is 0 Å². The molecule has 1 atom stereocenters. The van der Waals surface area contributed by atoms with E-state index in [1.807, 2.05) is 12.2 Å². The molecular weight excluding hydrogens is 741 g/mol. The number of esters is 2. The molecule has 60 heavy (non-hydrogen) atoms. The molecular formula is C55H88O5. The fourth-order valence-electron chi connectivity index (χ4n) is 5.97. The van der Waals surface area contributed by atoms with Crippen LogP contribution in [0.2, 0.25) is 0 Å². The molecule has 0 aliphatic heterocycles. The minimum absolute atomic E-state index is 0.0228. The summed E-state index contributed by atoms with van der Waals surface area (Å²) in [6.07, 6.45) is 69.4. The van der Waals surface area contributed by atoms with Crippen molar-refractivity contribution in [1.29, 1.82) is 0 Å². The molecule has 0 saturated carbocycles. The summed E-state index contributed by atoms with van der Waals surface area (Å²) in [6, 6.07) is 0. The second-order valence-corrected chi connectivity index (χ2v) is 15.3. The van der Waals surface area contributed by atoms with Crippen LogP contribution in [0.5, 0.6) is 0 Å². The van der Waals surface area contributed by atoms with Gasteiger partial charge in [-0.2, -0.15) is 0 Å². The summed E-state index contributed by atoms with van der Waals surface area (Å²) in [6.45, 7) is 7.40. The Kier molecular flexibility index (Phi) is 46.6. The molecule has 0 aliphatic carbocycles. The van der Waals surface area contributed by atoms with Crippen LogP contribution in [0.3, 0.4) is 0 Å². The number of hydrogen-bond acceptors (Lipinski definition) is 5. The topological polar surface area (TPSA) is 61.8 Å². The van der Waals surface area contributed by atoms with Crippen molar-refractivity contribution >= 4 is 11.9 Å². The van der Waals surface area contributed by atoms with Crippen molar-refractivity contribution in [2.24, 2.45) is 0 Å². The Hall–Kier alpha value is -3.70. The van der Waals surface area contributed by atoms with Crippen LogP contribution in [0.25, 0.3) is 0 Å². The highest BCUT2D eigenvalue weighted by atomic mass is 16.6. The third-order valence-corrected chi connectivity index (χ3v) is 9.50. The zero-order valence-electron chi connectivity index (χ0n) is 38.7. The van der Waals surface area contributed by atoms with Crippen molar-refractivity contribution in [3.05, 3.63) is 122 Å². The van der Waals surface area contributed by atoms with Gasteiger partial charge in [-0.15, -0.1) is 0 Å². The standard InChI is InChI=1S/C55H88O5/c1-4-7-10-13-16-19-22-25-27-28-30-31-33-36-39-42-45-48-54(56)59-52-53(51-58-50-47-44-41-38-35-24-21-18-15-12-9-6-3)60-55(57)49-46-43-40-37-34-32-29-26-23-20-17-14-11-8-5-2/h7-8,10-11,15-20,25-27,29-31,34,37,43,46,53H,4-6,9,12-14,21-24,28,32-33,35-36,38-42,44-45,47-52H2,1-3H3/b10-7-,11-8-,18-15-,19-16-,20-17-,27-25-,29-26-,31-30-,37-34-,46-43-. The second kappa shape index (κ2) is 49.7. The number of allylic oxidation sites excluding steroid dienone is 19. The first-order valence-electron chi connectivity index (χ1n) is 24.1. The number of carbonyl (C=O) groups is 2. The van der Waals surface area contributed by atoms with Gasteiger partial charge in [-0.05, 0) is 103 Å². The highest BCUT2D eigenvalue weighted by Gasteiger charge is 2.17. The van der Waals surface area contributed by atoms with Crippen molar-refractivity contribution in [3.8, 4) is 0 Å². The maximum Gasteiger partial charge on any atom is 0.310 e. The molecule has 0 radical (unpaired) electrons. The van der Waals surface area contributed by atoms with Gasteiger partial charge < -0.3 is 14.2 Å². The molecule has 338 valence electrons. The first kappa shape index (κ1) is 56.3. The van der Waals surface area contributed by atoms with Gasteiger partial charge in [0.25, 0.3) is 0 Å². The molecule has 0 bridgehead atoms. The largest absolute Gasteiger partial charge is 0.462 e. The van der Waals surface area contributed by atoms with Crippen LogP contribution < -0.4 is 0 Å². The van der Waals surface area contributed by atoms with E-state index < -0.39 is 6.10 Å². The molecule has 5 heteroatoms. The van der Waals surface area contributed by atoms with E-state index in [9.17, 15) is 9.59 Å². The number of hydrogen-bond donors (Lipinski definition) is 0. The average molecular weight is 829 g/mol. The molecule has 0 aromatic rings. The number of rotatable bonds is 42. The Labute approximate surface area is 369 Å². The second-order valence-electron chi connectivity index (χ2n) is 15.3. The molecule has 0 aromatic heterocycles. The van der Waals surface area contributed by atoms with Gasteiger partial charge in [0.1, 0.15) is 6.61 Å². The van der Waals surface area contributed by atoms with Gasteiger partial charge in [0.15, 0.2) is 6.10 Å². The molecule has 0 saturated heterocycles. The summed E-state index contributed by atoms with van der Waals surface area (Å²) >= 11 is 0. The third-order valence-electron chi connectivity index (χ3n) is 9.50. The fraction of sp³-hybridized carbons (Fsp3) is 0.600. The molecule has 0 aliphatic rings. The Morgan fingerprint density at radius 3 is 1.30 bits per heavy atom. The highest BCUT2D eigenvalue weighted by Crippen LogP contribution is 2.11. The van der Waals surface area contributed by atoms with Gasteiger partial charge in [0.2, 0.25) is 0 Å². The molecule has 0 aromatic carbocycles. The van der Waals surface area contributed by atoms with E-state index in [-0.39, 0.29) is 31.6 Å². The van der Waals surface area contributed by atoms with Crippen molar-refractivity contribution < 1.29 is 23.8 Å². The lowest BCUT2D eigenvalue weighted by Gasteiger charge is -2.18. The molecule has 0 N–H and O–H groups in total. The Balaban J connectivity index is 4.46. The van der Waals surface area contributed by atoms with Gasteiger partial charge in [0.05, 0.1) is 13.0 Å². The molecule has 1 unspecified atom stereocenters. The van der Waals surface area contributed by atoms with Crippen LogP contribution in [-0.4, -0.2) is 37.9 Å². The van der Waals surface area contributed by atoms with Gasteiger partial charge in [0, 0.05) is 13.0 Å². The van der Waals surface area contributed by atoms with Crippen LogP contribution in [0.15, 0.2) is 122 Å². The average Bonchev–Trinajstić information content (AvgIpc) is 3.25. The number of ether oxygens (including phenoxy) is 3. The lowest BCUT2D eigenvalue weighted by Crippen LogP contribution is -2.29. The van der Waals surface area contributed by atoms with E-state index in [1.165, 1.54) is 51.4 Å². The van der Waals surface area contributed by atoms with E-state index in [4.69, 9.17) is 14.2 Å². The summed E-state index contributed by atoms with van der Waals surface area (Å²) in [4.78, 5) is 25.3. The monoisotopic (exact) mass is 829 g/mol. The lowest BCUT2D eigenvalue weighted by molar-refractivity contribution is -0.162. The van der Waals surface area contributed by atoms with Gasteiger partial charge in [-0.25, -0.2) is 0 Å². The zero-order chi connectivity index (χ0) is 43.5. The first-order chi connectivity index (χ1) is 29.6. The zero-order valence-corrected chi connectivity index (χ0v) is 38.7. The molecule has 5 nitrogen and oxygen atoms in total. The summed E-state index contributed by atoms with van der Waals surface area (Å²) in [5.41, 5.74) is 0. The maximum absolute atomic E-state index is 12.7. The van der Waals surface area contributed by atoms with Crippen LogP contribution in [0.4, 0.5) is 0 Å². The molecule has 0 amide bonds. The summed E-state index contributed by atoms with van der Waals surface area (Å²) < 4.78 is 17.2. The van der Waals surface area contributed by atoms with Crippen LogP contribution in [-0.2, 0) is 23.8 Å². The highest BCUT2D eigenvalue weighted by molar-refractivity contribution is 5.71. The Bertz CT molecular complexity index is 1260. The lowest BCUT2D eigenvalue weighted by atomic mass is 10.1. The summed E-state index contributed by atoms with van der Waals surface area (Å²) in [7, 11) is 0. The Morgan fingerprint density at radius 2 is 0.800 bits per heavy atom. The molecule has 0 spiro atoms. The van der Waals surface area contributed by atoms with Crippen LogP contribution in [0.1, 0.15) is 188 Å². The van der Waals surface area contributed by atoms with Gasteiger partial charge in [-0.1, -0.05) is 194 Å². The molecule has 0 fully saturated rings. The normalized spacial score (nSPS) is 13.3. The van der Waals surface area contributed by atoms with Crippen molar-refractivity contribution in [2.75, 3.05) is 19.8 Å². The minimum Gasteiger partial charge on any atom is -0.462 e. The Morgan fingerprint density at radius 1 is 0.400 bits per heavy atom. The minimum atomic E-state index is -0.611. The molecule has 0 rings (SSSR count). The first-order valence-corrected chi connectivity index (χ1v) is 24.1. The summed E-state index contributed by atoms with van der Waals surface area (Å²) in [5.74, 6) is -0.584. The quantitative estimate of drug-likeness (QED) is 0.0348. The van der Waals surface area contributed by atoms with E-state index in [2.05, 4.69) is 130 Å². The summed E-state index contributed by atoms with van der Waals surface area (Å²) in [5, 5.41) is 0. The van der Waals surface area contributed by atoms with Crippen LogP contribution >= 0.6 is 0 Å². The van der Waals surface area contributed by atoms with Crippen molar-refractivity contribution in [2.45, 2.75) is 194 Å². The number of unbranched alkanes of at least 4 members (excludes halogenated alkanes) is 12. The number of carbonyl (C=O) groups excluding carboxylic acids is 2. The smallest absolute Gasteiger partial charge is 0.310 e. The van der Waals surface area contributed by atoms with E-state index in [0.717, 1.165) is 103 Å². The molecule has 0 heterocycles. The van der Waals surface area contributed by atoms with Gasteiger partial charge in [-0.3, -0.25) is 9.59 Å². The third kappa shape index (κ3) is 47.0. The predicted octanol–water partition coefficient (Wildman–Crippen LogP) is 16.2. The maximum atomic E-state index is 12.7. The SMILES string of the molecule is CC/C=C\C/C=C\C/C=C\C/C=C\C/C=C\CC(=O)OC(COCCCCCCCC/C=C\CCCC)COC(=O)CCCCCC/C=C\C/C=C\C/C=C\C/C=C\CC.